The first kappa shape index (κ1) is 24.6. The van der Waals surface area contributed by atoms with Crippen molar-refractivity contribution in [3.05, 3.63) is 78.6 Å². The molecule has 33 heavy (non-hydrogen) atoms. The fourth-order valence-electron chi connectivity index (χ4n) is 3.56. The van der Waals surface area contributed by atoms with Crippen LogP contribution in [0, 0.1) is 5.82 Å². The van der Waals surface area contributed by atoms with Gasteiger partial charge in [0.15, 0.2) is 0 Å². The van der Waals surface area contributed by atoms with E-state index < -0.39 is 6.10 Å². The van der Waals surface area contributed by atoms with E-state index >= 15 is 0 Å². The minimum Gasteiger partial charge on any atom is -0.439 e. The lowest BCUT2D eigenvalue weighted by atomic mass is 10.1. The smallest absolute Gasteiger partial charge is 0.222 e. The van der Waals surface area contributed by atoms with Crippen LogP contribution in [0.1, 0.15) is 19.4 Å². The van der Waals surface area contributed by atoms with E-state index in [2.05, 4.69) is 25.3 Å². The molecule has 2 aromatic carbocycles. The van der Waals surface area contributed by atoms with Gasteiger partial charge < -0.3 is 14.6 Å². The lowest BCUT2D eigenvalue weighted by molar-refractivity contribution is 0.0177. The third kappa shape index (κ3) is 6.74. The summed E-state index contributed by atoms with van der Waals surface area (Å²) in [5.41, 5.74) is 2.60. The number of benzene rings is 2. The molecule has 0 aliphatic carbocycles. The first-order valence-corrected chi connectivity index (χ1v) is 11.0. The summed E-state index contributed by atoms with van der Waals surface area (Å²) < 4.78 is 27.0. The molecular formula is C26H32FN3O3. The normalized spacial score (nSPS) is 12.3. The molecule has 0 bridgehead atoms. The average molecular weight is 454 g/mol. The third-order valence-electron chi connectivity index (χ3n) is 5.23. The molecule has 0 fully saturated rings. The van der Waals surface area contributed by atoms with Gasteiger partial charge in [0.25, 0.3) is 0 Å². The number of hydrogen-bond donors (Lipinski definition) is 1. The first-order chi connectivity index (χ1) is 15.9. The number of halogens is 1. The van der Waals surface area contributed by atoms with Crippen LogP contribution >= 0.6 is 0 Å². The van der Waals surface area contributed by atoms with Crippen LogP contribution in [0.25, 0.3) is 11.3 Å². The number of nitrogens with zero attached hydrogens (tertiary/aromatic N) is 3. The maximum atomic E-state index is 13.8. The molecule has 0 aliphatic rings. The molecule has 1 heterocycles. The summed E-state index contributed by atoms with van der Waals surface area (Å²) in [6.45, 7) is 9.29. The maximum absolute atomic E-state index is 13.8. The van der Waals surface area contributed by atoms with Gasteiger partial charge >= 0.3 is 0 Å². The molecule has 0 radical (unpaired) electrons. The Morgan fingerprint density at radius 2 is 1.94 bits per heavy atom. The van der Waals surface area contributed by atoms with E-state index in [0.29, 0.717) is 31.3 Å². The van der Waals surface area contributed by atoms with E-state index in [1.54, 1.807) is 22.9 Å². The van der Waals surface area contributed by atoms with Crippen molar-refractivity contribution < 1.29 is 19.0 Å². The van der Waals surface area contributed by atoms with E-state index in [4.69, 9.17) is 14.6 Å². The second-order valence-corrected chi connectivity index (χ2v) is 8.18. The fourth-order valence-corrected chi connectivity index (χ4v) is 3.56. The zero-order valence-corrected chi connectivity index (χ0v) is 19.4. The van der Waals surface area contributed by atoms with Gasteiger partial charge in [-0.15, -0.1) is 6.58 Å². The van der Waals surface area contributed by atoms with Crippen LogP contribution in [0.4, 0.5) is 4.39 Å². The van der Waals surface area contributed by atoms with E-state index in [1.807, 2.05) is 37.4 Å². The standard InChI is InChI=1S/C26H32FN3O3/c1-5-14-32-18-22(31)16-30(19(2)3)17-24-25(20-10-7-6-8-11-20)28-29(4)26(24)33-23-13-9-12-21(27)15-23/h5-13,15,19,22,31H,1,14,16-18H2,2-4H3/t22-/m0/s1. The summed E-state index contributed by atoms with van der Waals surface area (Å²) in [6.07, 6.45) is 1.00. The van der Waals surface area contributed by atoms with Crippen LogP contribution in [0.2, 0.25) is 0 Å². The highest BCUT2D eigenvalue weighted by Crippen LogP contribution is 2.34. The zero-order chi connectivity index (χ0) is 23.8. The predicted molar refractivity (Wildman–Crippen MR) is 128 cm³/mol. The Bertz CT molecular complexity index is 1040. The van der Waals surface area contributed by atoms with Crippen molar-refractivity contribution in [1.82, 2.24) is 14.7 Å². The minimum absolute atomic E-state index is 0.143. The molecule has 0 amide bonds. The summed E-state index contributed by atoms with van der Waals surface area (Å²) in [7, 11) is 1.81. The summed E-state index contributed by atoms with van der Waals surface area (Å²) in [5, 5.41) is 15.2. The largest absolute Gasteiger partial charge is 0.439 e. The van der Waals surface area contributed by atoms with E-state index in [0.717, 1.165) is 16.8 Å². The lowest BCUT2D eigenvalue weighted by Crippen LogP contribution is -2.39. The molecule has 0 saturated carbocycles. The Kier molecular flexibility index (Phi) is 8.77. The van der Waals surface area contributed by atoms with Gasteiger partial charge in [-0.3, -0.25) is 4.90 Å². The van der Waals surface area contributed by atoms with E-state index in [-0.39, 0.29) is 18.5 Å². The molecule has 3 aromatic rings. The Morgan fingerprint density at radius 1 is 1.18 bits per heavy atom. The summed E-state index contributed by atoms with van der Waals surface area (Å²) >= 11 is 0. The Labute approximate surface area is 194 Å². The van der Waals surface area contributed by atoms with Gasteiger partial charge in [-0.25, -0.2) is 9.07 Å². The number of aryl methyl sites for hydroxylation is 1. The summed E-state index contributed by atoms with van der Waals surface area (Å²) in [6, 6.07) is 16.1. The van der Waals surface area contributed by atoms with Crippen LogP contribution in [0.15, 0.2) is 67.3 Å². The van der Waals surface area contributed by atoms with Gasteiger partial charge in [-0.2, -0.15) is 5.10 Å². The highest BCUT2D eigenvalue weighted by molar-refractivity contribution is 5.65. The van der Waals surface area contributed by atoms with E-state index in [9.17, 15) is 9.50 Å². The zero-order valence-electron chi connectivity index (χ0n) is 19.4. The van der Waals surface area contributed by atoms with Crippen molar-refractivity contribution in [2.24, 2.45) is 7.05 Å². The van der Waals surface area contributed by atoms with Crippen LogP contribution in [-0.2, 0) is 18.3 Å². The highest BCUT2D eigenvalue weighted by Gasteiger charge is 2.24. The summed E-state index contributed by atoms with van der Waals surface area (Å²) in [5.74, 6) is 0.557. The summed E-state index contributed by atoms with van der Waals surface area (Å²) in [4.78, 5) is 2.14. The molecule has 3 rings (SSSR count). The number of aromatic nitrogens is 2. The maximum Gasteiger partial charge on any atom is 0.222 e. The number of rotatable bonds is 12. The second kappa shape index (κ2) is 11.7. The molecule has 1 aromatic heterocycles. The Balaban J connectivity index is 1.95. The average Bonchev–Trinajstić information content (AvgIpc) is 3.09. The minimum atomic E-state index is -0.656. The van der Waals surface area contributed by atoms with Gasteiger partial charge in [0, 0.05) is 37.8 Å². The van der Waals surface area contributed by atoms with Crippen LogP contribution in [0.5, 0.6) is 11.6 Å². The van der Waals surface area contributed by atoms with Crippen molar-refractivity contribution in [1.29, 1.82) is 0 Å². The number of aliphatic hydroxyl groups is 1. The molecule has 0 unspecified atom stereocenters. The van der Waals surface area contributed by atoms with Crippen LogP contribution < -0.4 is 4.74 Å². The van der Waals surface area contributed by atoms with Gasteiger partial charge in [-0.05, 0) is 26.0 Å². The molecule has 0 spiro atoms. The quantitative estimate of drug-likeness (QED) is 0.316. The molecule has 7 heteroatoms. The lowest BCUT2D eigenvalue weighted by Gasteiger charge is -2.29. The van der Waals surface area contributed by atoms with Gasteiger partial charge in [0.05, 0.1) is 24.9 Å². The molecule has 0 aliphatic heterocycles. The molecule has 0 saturated heterocycles. The van der Waals surface area contributed by atoms with Gasteiger partial charge in [0.1, 0.15) is 17.3 Å². The van der Waals surface area contributed by atoms with Crippen molar-refractivity contribution in [2.45, 2.75) is 32.5 Å². The van der Waals surface area contributed by atoms with Crippen molar-refractivity contribution in [3.63, 3.8) is 0 Å². The number of hydrogen-bond acceptors (Lipinski definition) is 5. The number of ether oxygens (including phenoxy) is 2. The third-order valence-corrected chi connectivity index (χ3v) is 5.23. The molecule has 6 nitrogen and oxygen atoms in total. The SMILES string of the molecule is C=CCOC[C@@H](O)CN(Cc1c(-c2ccccc2)nn(C)c1Oc1cccc(F)c1)C(C)C. The van der Waals surface area contributed by atoms with Crippen molar-refractivity contribution in [2.75, 3.05) is 19.8 Å². The first-order valence-electron chi connectivity index (χ1n) is 11.0. The second-order valence-electron chi connectivity index (χ2n) is 8.18. The predicted octanol–water partition coefficient (Wildman–Crippen LogP) is 4.79. The topological polar surface area (TPSA) is 59.8 Å². The highest BCUT2D eigenvalue weighted by atomic mass is 19.1. The van der Waals surface area contributed by atoms with Gasteiger partial charge in [0.2, 0.25) is 5.88 Å². The van der Waals surface area contributed by atoms with E-state index in [1.165, 1.54) is 12.1 Å². The number of aliphatic hydroxyl groups excluding tert-OH is 1. The fraction of sp³-hybridized carbons (Fsp3) is 0.346. The molecule has 176 valence electrons. The molecule has 1 N–H and O–H groups in total. The molecular weight excluding hydrogens is 421 g/mol. The van der Waals surface area contributed by atoms with Crippen molar-refractivity contribution in [3.8, 4) is 22.9 Å². The Morgan fingerprint density at radius 3 is 2.61 bits per heavy atom. The van der Waals surface area contributed by atoms with Crippen LogP contribution in [-0.4, -0.2) is 51.7 Å². The van der Waals surface area contributed by atoms with Crippen LogP contribution in [0.3, 0.4) is 0 Å². The van der Waals surface area contributed by atoms with Crippen molar-refractivity contribution >= 4 is 0 Å². The monoisotopic (exact) mass is 453 g/mol. The Hall–Kier alpha value is -3.00. The molecule has 1 atom stereocenters. The van der Waals surface area contributed by atoms with Gasteiger partial charge in [-0.1, -0.05) is 42.5 Å².